The number of hydrogen-bond donors (Lipinski definition) is 1. The van der Waals surface area contributed by atoms with Crippen LogP contribution in [0.3, 0.4) is 0 Å². The van der Waals surface area contributed by atoms with Gasteiger partial charge in [-0.3, -0.25) is 0 Å². The monoisotopic (exact) mass is 284 g/mol. The van der Waals surface area contributed by atoms with E-state index in [0.29, 0.717) is 5.92 Å². The van der Waals surface area contributed by atoms with Crippen LogP contribution in [0.25, 0.3) is 0 Å². The van der Waals surface area contributed by atoms with Crippen molar-refractivity contribution >= 4 is 5.95 Å². The summed E-state index contributed by atoms with van der Waals surface area (Å²) in [7, 11) is 0. The fourth-order valence-corrected chi connectivity index (χ4v) is 3.13. The Kier molecular flexibility index (Phi) is 3.15. The molecule has 5 nitrogen and oxygen atoms in total. The van der Waals surface area contributed by atoms with Crippen LogP contribution in [-0.4, -0.2) is 34.5 Å². The second-order valence-electron chi connectivity index (χ2n) is 5.94. The van der Waals surface area contributed by atoms with Gasteiger partial charge >= 0.3 is 0 Å². The van der Waals surface area contributed by atoms with Crippen LogP contribution in [0, 0.1) is 6.92 Å². The maximum absolute atomic E-state index is 5.46. The molecule has 2 aliphatic rings. The third-order valence-electron chi connectivity index (χ3n) is 4.40. The summed E-state index contributed by atoms with van der Waals surface area (Å²) >= 11 is 0. The van der Waals surface area contributed by atoms with E-state index >= 15 is 0 Å². The summed E-state index contributed by atoms with van der Waals surface area (Å²) in [5.74, 6) is 2.17. The second kappa shape index (κ2) is 5.15. The van der Waals surface area contributed by atoms with Gasteiger partial charge in [0.25, 0.3) is 0 Å². The molecule has 3 heterocycles. The van der Waals surface area contributed by atoms with Crippen LogP contribution in [0.5, 0.6) is 0 Å². The van der Waals surface area contributed by atoms with Crippen molar-refractivity contribution < 1.29 is 4.74 Å². The fraction of sp³-hybridized carbons (Fsp3) is 0.500. The Bertz CT molecular complexity index is 628. The highest BCUT2D eigenvalue weighted by molar-refractivity contribution is 5.34. The predicted molar refractivity (Wildman–Crippen MR) is 80.6 cm³/mol. The van der Waals surface area contributed by atoms with Crippen molar-refractivity contribution in [2.24, 2.45) is 0 Å². The fourth-order valence-electron chi connectivity index (χ4n) is 3.13. The van der Waals surface area contributed by atoms with Crippen LogP contribution in [0.2, 0.25) is 0 Å². The lowest BCUT2D eigenvalue weighted by Gasteiger charge is -2.24. The predicted octanol–water partition coefficient (Wildman–Crippen LogP) is 2.50. The molecule has 0 radical (unpaired) electrons. The molecule has 2 unspecified atom stereocenters. The maximum Gasteiger partial charge on any atom is 0.221 e. The molecule has 0 aliphatic carbocycles. The lowest BCUT2D eigenvalue weighted by atomic mass is 10.0. The number of ether oxygens (including phenoxy) is 1. The standard InChI is InChI=1S/C16H20N4O/c1-11-2-4-12(5-3-11)14-6-8-17-16-18-15(19-20(14)16)13-7-9-21-10-13/h2-5,13-14H,6-10H2,1H3,(H,17,18,19). The van der Waals surface area contributed by atoms with Crippen molar-refractivity contribution in [3.63, 3.8) is 0 Å². The average Bonchev–Trinajstić information content (AvgIpc) is 3.16. The first-order chi connectivity index (χ1) is 10.3. The number of aryl methyl sites for hydroxylation is 1. The van der Waals surface area contributed by atoms with Crippen molar-refractivity contribution in [2.45, 2.75) is 31.7 Å². The molecular formula is C16H20N4O. The van der Waals surface area contributed by atoms with E-state index in [1.807, 2.05) is 0 Å². The minimum Gasteiger partial charge on any atom is -0.381 e. The van der Waals surface area contributed by atoms with E-state index in [1.54, 1.807) is 0 Å². The molecule has 2 aromatic rings. The third kappa shape index (κ3) is 2.31. The minimum absolute atomic E-state index is 0.283. The normalized spacial score (nSPS) is 24.6. The smallest absolute Gasteiger partial charge is 0.221 e. The molecule has 21 heavy (non-hydrogen) atoms. The van der Waals surface area contributed by atoms with Crippen LogP contribution in [0.1, 0.15) is 41.8 Å². The molecule has 1 N–H and O–H groups in total. The quantitative estimate of drug-likeness (QED) is 0.920. The molecule has 2 atom stereocenters. The largest absolute Gasteiger partial charge is 0.381 e. The van der Waals surface area contributed by atoms with E-state index < -0.39 is 0 Å². The molecular weight excluding hydrogens is 264 g/mol. The third-order valence-corrected chi connectivity index (χ3v) is 4.40. The van der Waals surface area contributed by atoms with Crippen molar-refractivity contribution in [3.8, 4) is 0 Å². The van der Waals surface area contributed by atoms with E-state index in [4.69, 9.17) is 9.84 Å². The molecule has 1 aromatic carbocycles. The van der Waals surface area contributed by atoms with Crippen LogP contribution in [0.15, 0.2) is 24.3 Å². The van der Waals surface area contributed by atoms with Crippen molar-refractivity contribution in [1.82, 2.24) is 14.8 Å². The Balaban J connectivity index is 1.68. The summed E-state index contributed by atoms with van der Waals surface area (Å²) in [5.41, 5.74) is 2.60. The summed E-state index contributed by atoms with van der Waals surface area (Å²) < 4.78 is 7.52. The topological polar surface area (TPSA) is 52.0 Å². The number of nitrogens with one attached hydrogen (secondary N) is 1. The van der Waals surface area contributed by atoms with Gasteiger partial charge in [-0.15, -0.1) is 0 Å². The number of rotatable bonds is 2. The van der Waals surface area contributed by atoms with Gasteiger partial charge in [0, 0.05) is 19.1 Å². The van der Waals surface area contributed by atoms with Crippen LogP contribution in [-0.2, 0) is 4.74 Å². The highest BCUT2D eigenvalue weighted by Crippen LogP contribution is 2.31. The van der Waals surface area contributed by atoms with Gasteiger partial charge in [-0.25, -0.2) is 4.68 Å². The van der Waals surface area contributed by atoms with Crippen LogP contribution >= 0.6 is 0 Å². The SMILES string of the molecule is Cc1ccc(C2CCNc3nc(C4CCOC4)nn32)cc1. The maximum atomic E-state index is 5.46. The highest BCUT2D eigenvalue weighted by atomic mass is 16.5. The highest BCUT2D eigenvalue weighted by Gasteiger charge is 2.28. The number of hydrogen-bond acceptors (Lipinski definition) is 4. The van der Waals surface area contributed by atoms with Gasteiger partial charge in [0.15, 0.2) is 5.82 Å². The molecule has 1 aromatic heterocycles. The first-order valence-electron chi connectivity index (χ1n) is 7.66. The van der Waals surface area contributed by atoms with E-state index in [1.165, 1.54) is 11.1 Å². The van der Waals surface area contributed by atoms with E-state index in [2.05, 4.69) is 46.2 Å². The number of fused-ring (bicyclic) bond motifs is 1. The number of aromatic nitrogens is 3. The molecule has 4 rings (SSSR count). The number of anilines is 1. The Labute approximate surface area is 124 Å². The van der Waals surface area contributed by atoms with Crippen LogP contribution < -0.4 is 5.32 Å². The summed E-state index contributed by atoms with van der Waals surface area (Å²) in [6.45, 7) is 4.63. The van der Waals surface area contributed by atoms with Gasteiger partial charge in [-0.2, -0.15) is 10.1 Å². The van der Waals surface area contributed by atoms with Crippen molar-refractivity contribution in [1.29, 1.82) is 0 Å². The molecule has 5 heteroatoms. The van der Waals surface area contributed by atoms with E-state index in [-0.39, 0.29) is 6.04 Å². The average molecular weight is 284 g/mol. The zero-order chi connectivity index (χ0) is 14.2. The zero-order valence-corrected chi connectivity index (χ0v) is 12.2. The van der Waals surface area contributed by atoms with E-state index in [9.17, 15) is 0 Å². The van der Waals surface area contributed by atoms with E-state index in [0.717, 1.165) is 44.4 Å². The summed E-state index contributed by atoms with van der Waals surface area (Å²) in [6, 6.07) is 9.02. The lowest BCUT2D eigenvalue weighted by Crippen LogP contribution is -2.24. The van der Waals surface area contributed by atoms with Crippen molar-refractivity contribution in [2.75, 3.05) is 25.1 Å². The molecule has 1 fully saturated rings. The molecule has 0 amide bonds. The zero-order valence-electron chi connectivity index (χ0n) is 12.2. The molecule has 0 bridgehead atoms. The van der Waals surface area contributed by atoms with Gasteiger partial charge < -0.3 is 10.1 Å². The van der Waals surface area contributed by atoms with Gasteiger partial charge in [-0.1, -0.05) is 29.8 Å². The summed E-state index contributed by atoms with van der Waals surface area (Å²) in [4.78, 5) is 4.69. The van der Waals surface area contributed by atoms with Gasteiger partial charge in [0.05, 0.1) is 12.6 Å². The second-order valence-corrected chi connectivity index (χ2v) is 5.94. The number of nitrogens with zero attached hydrogens (tertiary/aromatic N) is 3. The summed E-state index contributed by atoms with van der Waals surface area (Å²) in [6.07, 6.45) is 2.07. The Morgan fingerprint density at radius 1 is 1.24 bits per heavy atom. The van der Waals surface area contributed by atoms with Gasteiger partial charge in [0.1, 0.15) is 0 Å². The van der Waals surface area contributed by atoms with Crippen LogP contribution in [0.4, 0.5) is 5.95 Å². The Hall–Kier alpha value is -1.88. The number of benzene rings is 1. The Morgan fingerprint density at radius 3 is 2.86 bits per heavy atom. The summed E-state index contributed by atoms with van der Waals surface area (Å²) in [5, 5.41) is 8.14. The molecule has 0 spiro atoms. The molecule has 2 aliphatic heterocycles. The lowest BCUT2D eigenvalue weighted by molar-refractivity contribution is 0.193. The first kappa shape index (κ1) is 12.8. The molecule has 0 saturated carbocycles. The van der Waals surface area contributed by atoms with Gasteiger partial charge in [0.2, 0.25) is 5.95 Å². The molecule has 1 saturated heterocycles. The van der Waals surface area contributed by atoms with Gasteiger partial charge in [-0.05, 0) is 25.3 Å². The Morgan fingerprint density at radius 2 is 2.10 bits per heavy atom. The van der Waals surface area contributed by atoms with Crippen molar-refractivity contribution in [3.05, 3.63) is 41.2 Å². The molecule has 110 valence electrons. The minimum atomic E-state index is 0.283. The first-order valence-corrected chi connectivity index (χ1v) is 7.66.